The van der Waals surface area contributed by atoms with E-state index in [9.17, 15) is 9.90 Å². The van der Waals surface area contributed by atoms with Crippen molar-refractivity contribution in [2.45, 2.75) is 37.9 Å². The van der Waals surface area contributed by atoms with Gasteiger partial charge in [-0.25, -0.2) is 4.79 Å². The van der Waals surface area contributed by atoms with Crippen molar-refractivity contribution in [3.05, 3.63) is 48.0 Å². The van der Waals surface area contributed by atoms with Gasteiger partial charge in [-0.05, 0) is 43.2 Å². The highest BCUT2D eigenvalue weighted by atomic mass is 32.2. The maximum atomic E-state index is 12.4. The average molecular weight is 345 g/mol. The molecule has 0 bridgehead atoms. The first-order chi connectivity index (χ1) is 11.3. The highest BCUT2D eigenvalue weighted by Crippen LogP contribution is 2.36. The molecule has 1 heterocycles. The number of aliphatic hydroxyl groups is 1. The number of benzene rings is 2. The van der Waals surface area contributed by atoms with Gasteiger partial charge in [0.05, 0.1) is 0 Å². The van der Waals surface area contributed by atoms with Crippen LogP contribution in [0.1, 0.15) is 32.4 Å². The van der Waals surface area contributed by atoms with Gasteiger partial charge in [0, 0.05) is 12.3 Å². The Balaban J connectivity index is 1.81. The molecule has 1 amide bonds. The van der Waals surface area contributed by atoms with E-state index in [1.54, 1.807) is 16.7 Å². The Bertz CT molecular complexity index is 741. The summed E-state index contributed by atoms with van der Waals surface area (Å²) in [5.41, 5.74) is 0.282. The Kier molecular flexibility index (Phi) is 4.74. The van der Waals surface area contributed by atoms with Crippen molar-refractivity contribution < 1.29 is 14.6 Å². The van der Waals surface area contributed by atoms with Crippen molar-refractivity contribution >= 4 is 28.6 Å². The molecule has 1 N–H and O–H groups in total. The number of carbonyl (C=O) groups is 1. The van der Waals surface area contributed by atoms with Crippen molar-refractivity contribution in [1.82, 2.24) is 4.90 Å². The van der Waals surface area contributed by atoms with E-state index >= 15 is 0 Å². The second-order valence-corrected chi connectivity index (χ2v) is 8.21. The van der Waals surface area contributed by atoms with Gasteiger partial charge < -0.3 is 9.84 Å². The average Bonchev–Trinajstić information content (AvgIpc) is 3.02. The molecule has 1 aliphatic heterocycles. The van der Waals surface area contributed by atoms with E-state index < -0.39 is 11.7 Å². The van der Waals surface area contributed by atoms with Gasteiger partial charge in [0.1, 0.15) is 17.1 Å². The lowest BCUT2D eigenvalue weighted by atomic mass is 10.0. The third-order valence-electron chi connectivity index (χ3n) is 3.94. The van der Waals surface area contributed by atoms with Crippen molar-refractivity contribution in [3.63, 3.8) is 0 Å². The molecule has 0 aromatic heterocycles. The van der Waals surface area contributed by atoms with Crippen LogP contribution in [0.25, 0.3) is 10.8 Å². The predicted octanol–water partition coefficient (Wildman–Crippen LogP) is 4.18. The minimum atomic E-state index is -0.741. The lowest BCUT2D eigenvalue weighted by Crippen LogP contribution is -2.41. The first-order valence-corrected chi connectivity index (χ1v) is 9.18. The Morgan fingerprint density at radius 2 is 1.96 bits per heavy atom. The van der Waals surface area contributed by atoms with E-state index in [0.717, 1.165) is 22.1 Å². The Hall–Kier alpha value is -1.72. The number of hydrogen-bond acceptors (Lipinski definition) is 4. The molecule has 24 heavy (non-hydrogen) atoms. The number of nitrogens with zero attached hydrogens (tertiary/aromatic N) is 1. The zero-order chi connectivity index (χ0) is 17.3. The predicted molar refractivity (Wildman–Crippen MR) is 98.1 cm³/mol. The van der Waals surface area contributed by atoms with Crippen LogP contribution in [0.3, 0.4) is 0 Å². The summed E-state index contributed by atoms with van der Waals surface area (Å²) < 4.78 is 5.47. The summed E-state index contributed by atoms with van der Waals surface area (Å²) in [5, 5.41) is 12.7. The number of ether oxygens (including phenoxy) is 1. The maximum Gasteiger partial charge on any atom is 0.411 e. The van der Waals surface area contributed by atoms with Gasteiger partial charge in [0.15, 0.2) is 0 Å². The molecule has 0 spiro atoms. The minimum Gasteiger partial charge on any atom is -0.444 e. The number of carbonyl (C=O) groups excluding carboxylic acids is 1. The number of thioether (sulfide) groups is 1. The van der Waals surface area contributed by atoms with E-state index in [-0.39, 0.29) is 11.5 Å². The molecule has 0 unspecified atom stereocenters. The summed E-state index contributed by atoms with van der Waals surface area (Å²) in [6, 6.07) is 14.0. The molecule has 2 atom stereocenters. The second kappa shape index (κ2) is 6.65. The fraction of sp³-hybridized carbons (Fsp3) is 0.421. The molecule has 4 nitrogen and oxygen atoms in total. The fourth-order valence-corrected chi connectivity index (χ4v) is 4.08. The molecule has 0 aliphatic carbocycles. The number of aliphatic hydroxyl groups excluding tert-OH is 1. The van der Waals surface area contributed by atoms with Gasteiger partial charge in [-0.15, -0.1) is 11.8 Å². The number of rotatable bonds is 2. The van der Waals surface area contributed by atoms with Crippen molar-refractivity contribution in [2.75, 3.05) is 12.3 Å². The van der Waals surface area contributed by atoms with Crippen LogP contribution < -0.4 is 0 Å². The molecular weight excluding hydrogens is 322 g/mol. The molecule has 3 rings (SSSR count). The van der Waals surface area contributed by atoms with Crippen LogP contribution in [0.15, 0.2) is 42.5 Å². The molecule has 1 fully saturated rings. The van der Waals surface area contributed by atoms with Gasteiger partial charge >= 0.3 is 6.09 Å². The monoisotopic (exact) mass is 345 g/mol. The summed E-state index contributed by atoms with van der Waals surface area (Å²) in [5.74, 6) is 0.800. The summed E-state index contributed by atoms with van der Waals surface area (Å²) in [7, 11) is 0. The van der Waals surface area contributed by atoms with Crippen LogP contribution in [-0.4, -0.2) is 39.4 Å². The topological polar surface area (TPSA) is 49.8 Å². The quantitative estimate of drug-likeness (QED) is 0.887. The summed E-state index contributed by atoms with van der Waals surface area (Å²) >= 11 is 1.59. The second-order valence-electron chi connectivity index (χ2n) is 6.99. The highest BCUT2D eigenvalue weighted by Gasteiger charge is 2.37. The van der Waals surface area contributed by atoms with E-state index in [0.29, 0.717) is 6.54 Å². The molecule has 128 valence electrons. The number of hydrogen-bond donors (Lipinski definition) is 1. The molecule has 0 radical (unpaired) electrons. The normalized spacial score (nSPS) is 19.5. The van der Waals surface area contributed by atoms with Crippen LogP contribution in [-0.2, 0) is 4.74 Å². The fourth-order valence-electron chi connectivity index (χ4n) is 2.82. The zero-order valence-corrected chi connectivity index (χ0v) is 15.0. The van der Waals surface area contributed by atoms with Crippen molar-refractivity contribution in [3.8, 4) is 0 Å². The van der Waals surface area contributed by atoms with Gasteiger partial charge in [0.2, 0.25) is 0 Å². The van der Waals surface area contributed by atoms with Crippen LogP contribution in [0, 0.1) is 0 Å². The molecule has 1 saturated heterocycles. The summed E-state index contributed by atoms with van der Waals surface area (Å²) in [6.45, 7) is 6.14. The molecule has 2 aromatic rings. The molecule has 0 saturated carbocycles. The first kappa shape index (κ1) is 17.1. The maximum absolute atomic E-state index is 12.4. The van der Waals surface area contributed by atoms with Crippen LogP contribution >= 0.6 is 11.8 Å². The minimum absolute atomic E-state index is 0.319. The van der Waals surface area contributed by atoms with Gasteiger partial charge in [-0.1, -0.05) is 36.4 Å². The molecule has 1 aliphatic rings. The lowest BCUT2D eigenvalue weighted by Gasteiger charge is -2.30. The lowest BCUT2D eigenvalue weighted by molar-refractivity contribution is 0.0133. The first-order valence-electron chi connectivity index (χ1n) is 8.13. The van der Waals surface area contributed by atoms with Gasteiger partial charge in [0.25, 0.3) is 0 Å². The van der Waals surface area contributed by atoms with Gasteiger partial charge in [-0.3, -0.25) is 4.90 Å². The largest absolute Gasteiger partial charge is 0.444 e. The van der Waals surface area contributed by atoms with Crippen molar-refractivity contribution in [1.29, 1.82) is 0 Å². The molecule has 2 aromatic carbocycles. The Morgan fingerprint density at radius 3 is 2.67 bits per heavy atom. The third kappa shape index (κ3) is 3.68. The Labute approximate surface area is 146 Å². The van der Waals surface area contributed by atoms with E-state index in [2.05, 4.69) is 0 Å². The molecule has 5 heteroatoms. The van der Waals surface area contributed by atoms with E-state index in [1.165, 1.54) is 0 Å². The van der Waals surface area contributed by atoms with Crippen LogP contribution in [0.5, 0.6) is 0 Å². The van der Waals surface area contributed by atoms with E-state index in [4.69, 9.17) is 4.74 Å². The standard InChI is InChI=1S/C19H23NO3S/c1-19(2,3)23-18(22)20-10-11-24-17(20)16(21)15-9-8-13-6-4-5-7-14(13)12-15/h4-9,12,16-17,21H,10-11H2,1-3H3/t16-,17+/m1/s1. The zero-order valence-electron chi connectivity index (χ0n) is 14.2. The van der Waals surface area contributed by atoms with Crippen LogP contribution in [0.4, 0.5) is 4.79 Å². The van der Waals surface area contributed by atoms with Crippen LogP contribution in [0.2, 0.25) is 0 Å². The smallest absolute Gasteiger partial charge is 0.411 e. The van der Waals surface area contributed by atoms with Gasteiger partial charge in [-0.2, -0.15) is 0 Å². The van der Waals surface area contributed by atoms with E-state index in [1.807, 2.05) is 63.2 Å². The Morgan fingerprint density at radius 1 is 1.25 bits per heavy atom. The summed E-state index contributed by atoms with van der Waals surface area (Å²) in [4.78, 5) is 14.0. The SMILES string of the molecule is CC(C)(C)OC(=O)N1CCS[C@H]1[C@H](O)c1ccc2ccccc2c1. The molecular formula is C19H23NO3S. The van der Waals surface area contributed by atoms with Crippen molar-refractivity contribution in [2.24, 2.45) is 0 Å². The highest BCUT2D eigenvalue weighted by molar-refractivity contribution is 8.00. The third-order valence-corrected chi connectivity index (χ3v) is 5.21. The summed E-state index contributed by atoms with van der Waals surface area (Å²) in [6.07, 6.45) is -1.10. The number of amides is 1. The number of fused-ring (bicyclic) bond motifs is 1.